The van der Waals surface area contributed by atoms with Crippen molar-refractivity contribution in [2.45, 2.75) is 320 Å². The van der Waals surface area contributed by atoms with Gasteiger partial charge in [0.1, 0.15) is 0 Å². The summed E-state index contributed by atoms with van der Waals surface area (Å²) in [5.74, 6) is -2.46. The quantitative estimate of drug-likeness (QED) is 0.0195. The van der Waals surface area contributed by atoms with Crippen molar-refractivity contribution in [3.8, 4) is 0 Å². The van der Waals surface area contributed by atoms with E-state index in [1.165, 1.54) is 180 Å². The Morgan fingerprint density at radius 2 is 0.595 bits per heavy atom. The zero-order chi connectivity index (χ0) is 59.3. The Hall–Kier alpha value is -0.781. The maximum absolute atomic E-state index is 12.3. The molecule has 0 saturated heterocycles. The number of ether oxygens (including phenoxy) is 6. The van der Waals surface area contributed by atoms with Crippen molar-refractivity contribution in [1.29, 1.82) is 0 Å². The Balaban J connectivity index is -0.00000111. The molecule has 0 aliphatic heterocycles. The van der Waals surface area contributed by atoms with Crippen molar-refractivity contribution in [3.63, 3.8) is 0 Å². The summed E-state index contributed by atoms with van der Waals surface area (Å²) in [5, 5.41) is 21.5. The second-order valence-corrected chi connectivity index (χ2v) is 28.5. The zero-order valence-corrected chi connectivity index (χ0v) is 56.9. The van der Waals surface area contributed by atoms with Gasteiger partial charge in [-0.2, -0.15) is 25.3 Å². The van der Waals surface area contributed by atoms with E-state index in [0.717, 1.165) is 64.2 Å². The molecule has 0 spiro atoms. The van der Waals surface area contributed by atoms with Gasteiger partial charge in [-0.05, 0) is 24.3 Å². The third-order valence-corrected chi connectivity index (χ3v) is 19.2. The third-order valence-electron chi connectivity index (χ3n) is 14.1. The molecule has 0 bridgehead atoms. The summed E-state index contributed by atoms with van der Waals surface area (Å²) in [4.78, 5) is 46.1. The molecule has 0 aromatic carbocycles. The standard InChI is InChI=1S/2C21H42O2S.2C11H21O4.Sn/c2*1-2-3-4-5-6-7-8-9-10-11-12-13-14-15-16-17-18-20(19-24)21(22)23;2*1-4-6-7-13-8-9-14-10(3)15-11(12)5-2;/h2*20,24H,2-19H2,1H3,(H,22,23);2*5,10H,4,6-9H2,1-3H3;/q;;;;+2/p-2. The van der Waals surface area contributed by atoms with E-state index in [0.29, 0.717) is 51.1 Å². The Morgan fingerprint density at radius 1 is 0.354 bits per heavy atom. The van der Waals surface area contributed by atoms with Gasteiger partial charge in [-0.15, -0.1) is 0 Å². The number of unbranched alkanes of at least 4 members (excludes halogenated alkanes) is 32. The van der Waals surface area contributed by atoms with Crippen LogP contribution in [0.1, 0.15) is 299 Å². The van der Waals surface area contributed by atoms with Crippen molar-refractivity contribution in [1.82, 2.24) is 0 Å². The number of aliphatic carboxylic acids is 2. The van der Waals surface area contributed by atoms with E-state index in [-0.39, 0.29) is 31.6 Å². The normalized spacial score (nSPS) is 13.4. The molecule has 0 aromatic heterocycles. The van der Waals surface area contributed by atoms with Gasteiger partial charge in [-0.25, -0.2) is 0 Å². The van der Waals surface area contributed by atoms with Crippen molar-refractivity contribution in [2.24, 2.45) is 11.8 Å². The number of hydrogen-bond donors (Lipinski definition) is 2. The van der Waals surface area contributed by atoms with Gasteiger partial charge in [0.2, 0.25) is 0 Å². The van der Waals surface area contributed by atoms with Crippen LogP contribution in [0.15, 0.2) is 0 Å². The molecule has 0 heterocycles. The summed E-state index contributed by atoms with van der Waals surface area (Å²) >= 11 is 6.72. The van der Waals surface area contributed by atoms with Crippen LogP contribution in [-0.2, 0) is 47.6 Å². The monoisotopic (exact) mass is 1270 g/mol. The van der Waals surface area contributed by atoms with Crippen LogP contribution in [0.4, 0.5) is 0 Å². The fourth-order valence-corrected chi connectivity index (χ4v) is 12.8. The first-order valence-corrected chi connectivity index (χ1v) is 37.0. The molecule has 0 aliphatic rings. The van der Waals surface area contributed by atoms with Gasteiger partial charge in [-0.3, -0.25) is 0 Å². The van der Waals surface area contributed by atoms with Crippen molar-refractivity contribution >= 4 is 70.3 Å². The molecule has 79 heavy (non-hydrogen) atoms. The molecular formula is C64H124O12S2Sn. The molecule has 0 radical (unpaired) electrons. The molecule has 6 atom stereocenters. The SMILES string of the molecule is CCCCCCCCCCCCCCCCCCC(CS)C(=O)[O-].CCCCCCCCCCCCCCCCCCC(CS)C(=O)[O-].CCCCOCCOC(C)OC(=O)[CH](C)[Sn+2][CH](C)C(=O)OC(C)OCCOCCCC. The van der Waals surface area contributed by atoms with Crippen LogP contribution in [0.5, 0.6) is 0 Å². The van der Waals surface area contributed by atoms with Gasteiger partial charge in [0.25, 0.3) is 0 Å². The van der Waals surface area contributed by atoms with E-state index in [1.807, 2.05) is 0 Å². The average molecular weight is 1270 g/mol. The number of rotatable bonds is 58. The van der Waals surface area contributed by atoms with Gasteiger partial charge in [-0.1, -0.05) is 219 Å². The van der Waals surface area contributed by atoms with E-state index in [4.69, 9.17) is 28.4 Å². The second kappa shape index (κ2) is 66.4. The van der Waals surface area contributed by atoms with Crippen LogP contribution < -0.4 is 10.2 Å². The molecule has 15 heteroatoms. The van der Waals surface area contributed by atoms with Crippen molar-refractivity contribution in [2.75, 3.05) is 51.1 Å². The van der Waals surface area contributed by atoms with E-state index < -0.39 is 45.7 Å². The Bertz CT molecular complexity index is 1210. The fraction of sp³-hybridized carbons (Fsp3) is 0.938. The Morgan fingerprint density at radius 3 is 0.823 bits per heavy atom. The molecule has 12 nitrogen and oxygen atoms in total. The summed E-state index contributed by atoms with van der Waals surface area (Å²) in [6, 6.07) is 0. The van der Waals surface area contributed by atoms with Crippen LogP contribution in [0.2, 0.25) is 7.87 Å². The van der Waals surface area contributed by atoms with Crippen LogP contribution in [0.3, 0.4) is 0 Å². The third kappa shape index (κ3) is 63.1. The molecule has 0 aromatic rings. The topological polar surface area (TPSA) is 170 Å². The van der Waals surface area contributed by atoms with Gasteiger partial charge in [0, 0.05) is 23.8 Å². The molecule has 0 rings (SSSR count). The van der Waals surface area contributed by atoms with Crippen LogP contribution in [0, 0.1) is 11.8 Å². The van der Waals surface area contributed by atoms with Crippen molar-refractivity contribution < 1.29 is 57.8 Å². The summed E-state index contributed by atoms with van der Waals surface area (Å²) < 4.78 is 31.8. The molecule has 0 fully saturated rings. The number of carbonyl (C=O) groups is 4. The summed E-state index contributed by atoms with van der Waals surface area (Å²) in [5.41, 5.74) is 0. The number of esters is 2. The van der Waals surface area contributed by atoms with Crippen molar-refractivity contribution in [3.05, 3.63) is 0 Å². The summed E-state index contributed by atoms with van der Waals surface area (Å²) in [6.45, 7) is 18.8. The molecule has 0 N–H and O–H groups in total. The number of carboxylic acids is 2. The van der Waals surface area contributed by atoms with E-state index >= 15 is 0 Å². The Labute approximate surface area is 507 Å². The number of carboxylic acid groups (broad SMARTS) is 2. The van der Waals surface area contributed by atoms with Crippen LogP contribution in [-0.4, -0.2) is 109 Å². The average Bonchev–Trinajstić information content (AvgIpc) is 3.42. The van der Waals surface area contributed by atoms with Gasteiger partial charge in [0.05, 0.1) is 0 Å². The van der Waals surface area contributed by atoms with Crippen LogP contribution >= 0.6 is 25.3 Å². The first kappa shape index (κ1) is 82.4. The van der Waals surface area contributed by atoms with Crippen LogP contribution in [0.25, 0.3) is 0 Å². The maximum atomic E-state index is 12.3. The zero-order valence-electron chi connectivity index (χ0n) is 52.3. The minimum absolute atomic E-state index is 0.291. The first-order valence-electron chi connectivity index (χ1n) is 32.4. The molecule has 0 amide bonds. The van der Waals surface area contributed by atoms with Gasteiger partial charge >= 0.3 is 198 Å². The summed E-state index contributed by atoms with van der Waals surface area (Å²) in [7, 11) is 0. The predicted octanol–water partition coefficient (Wildman–Crippen LogP) is 15.6. The molecule has 6 unspecified atom stereocenters. The van der Waals surface area contributed by atoms with Gasteiger partial charge in [0.15, 0.2) is 0 Å². The number of carbonyl (C=O) groups excluding carboxylic acids is 4. The van der Waals surface area contributed by atoms with Gasteiger partial charge < -0.3 is 19.8 Å². The number of hydrogen-bond acceptors (Lipinski definition) is 14. The Kier molecular flexibility index (Phi) is 69.2. The predicted molar refractivity (Wildman–Crippen MR) is 332 cm³/mol. The summed E-state index contributed by atoms with van der Waals surface area (Å²) in [6.07, 6.45) is 47.4. The minimum atomic E-state index is -1.41. The second-order valence-electron chi connectivity index (χ2n) is 21.9. The molecular weight excluding hydrogens is 1140 g/mol. The molecule has 0 aliphatic carbocycles. The molecule has 468 valence electrons. The van der Waals surface area contributed by atoms with E-state index in [1.54, 1.807) is 27.7 Å². The van der Waals surface area contributed by atoms with E-state index in [9.17, 15) is 29.4 Å². The molecule has 0 saturated carbocycles. The number of thiol groups is 2. The van der Waals surface area contributed by atoms with E-state index in [2.05, 4.69) is 53.0 Å². The fourth-order valence-electron chi connectivity index (χ4n) is 8.80. The first-order chi connectivity index (χ1) is 38.2.